The maximum atomic E-state index is 11.6. The molecule has 0 aliphatic heterocycles. The predicted octanol–water partition coefficient (Wildman–Crippen LogP) is 3.12. The van der Waals surface area contributed by atoms with Crippen molar-refractivity contribution in [3.8, 4) is 0 Å². The molecule has 0 atom stereocenters. The van der Waals surface area contributed by atoms with Crippen LogP contribution in [0.4, 0.5) is 0 Å². The smallest absolute Gasteiger partial charge is 0.154 e. The van der Waals surface area contributed by atoms with Gasteiger partial charge in [0.15, 0.2) is 11.6 Å². The van der Waals surface area contributed by atoms with Crippen molar-refractivity contribution in [2.45, 2.75) is 23.6 Å². The van der Waals surface area contributed by atoms with Gasteiger partial charge in [0, 0.05) is 17.9 Å². The van der Waals surface area contributed by atoms with Gasteiger partial charge in [0.05, 0.1) is 0 Å². The predicted molar refractivity (Wildman–Crippen MR) is 66.2 cm³/mol. The molecule has 1 fully saturated rings. The summed E-state index contributed by atoms with van der Waals surface area (Å²) in [6, 6.07) is 7.32. The average Bonchev–Trinajstić information content (AvgIpc) is 2.26. The van der Waals surface area contributed by atoms with Crippen LogP contribution in [-0.4, -0.2) is 16.4 Å². The Morgan fingerprint density at radius 2 is 1.56 bits per heavy atom. The third kappa shape index (κ3) is 2.36. The Morgan fingerprint density at radius 3 is 2.06 bits per heavy atom. The zero-order valence-electron chi connectivity index (χ0n) is 8.45. The van der Waals surface area contributed by atoms with Crippen molar-refractivity contribution in [2.24, 2.45) is 0 Å². The summed E-state index contributed by atoms with van der Waals surface area (Å²) in [5, 5.41) is 0.663. The molecule has 0 spiro atoms. The minimum absolute atomic E-state index is 0.00562. The Balaban J connectivity index is 2.20. The van der Waals surface area contributed by atoms with Crippen molar-refractivity contribution in [1.82, 2.24) is 0 Å². The summed E-state index contributed by atoms with van der Waals surface area (Å²) in [6.07, 6.45) is 0.840. The summed E-state index contributed by atoms with van der Waals surface area (Å²) in [5.41, 5.74) is 1.01. The van der Waals surface area contributed by atoms with Gasteiger partial charge >= 0.3 is 0 Å². The standard InChI is InChI=1S/C12H10BrClO2/c13-12-10(15)5-8(6-11(12)16)7-1-3-9(14)4-2-7/h1-4,8,12H,5-6H2. The van der Waals surface area contributed by atoms with Crippen LogP contribution in [0.1, 0.15) is 24.3 Å². The van der Waals surface area contributed by atoms with Gasteiger partial charge in [-0.25, -0.2) is 0 Å². The maximum Gasteiger partial charge on any atom is 0.154 e. The highest BCUT2D eigenvalue weighted by atomic mass is 79.9. The molecule has 0 aromatic heterocycles. The summed E-state index contributed by atoms with van der Waals surface area (Å²) in [7, 11) is 0. The lowest BCUT2D eigenvalue weighted by atomic mass is 9.83. The second-order valence-electron chi connectivity index (χ2n) is 3.95. The number of hydrogen-bond donors (Lipinski definition) is 0. The first-order valence-corrected chi connectivity index (χ1v) is 6.32. The molecule has 0 heterocycles. The Kier molecular flexibility index (Phi) is 3.45. The lowest BCUT2D eigenvalue weighted by molar-refractivity contribution is -0.129. The van der Waals surface area contributed by atoms with Crippen LogP contribution in [0.25, 0.3) is 0 Å². The third-order valence-electron chi connectivity index (χ3n) is 2.80. The Bertz CT molecular complexity index is 409. The first-order valence-electron chi connectivity index (χ1n) is 5.03. The summed E-state index contributed by atoms with van der Waals surface area (Å²) in [4.78, 5) is 22.5. The van der Waals surface area contributed by atoms with Crippen LogP contribution >= 0.6 is 27.5 Å². The maximum absolute atomic E-state index is 11.6. The number of hydrogen-bond acceptors (Lipinski definition) is 2. The number of benzene rings is 1. The lowest BCUT2D eigenvalue weighted by Gasteiger charge is -2.23. The van der Waals surface area contributed by atoms with Gasteiger partial charge in [-0.05, 0) is 23.6 Å². The van der Waals surface area contributed by atoms with E-state index in [4.69, 9.17) is 11.6 Å². The fourth-order valence-corrected chi connectivity index (χ4v) is 2.41. The molecule has 0 bridgehead atoms. The normalized spacial score (nSPS) is 25.9. The molecule has 1 aromatic carbocycles. The summed E-state index contributed by atoms with van der Waals surface area (Å²) < 4.78 is 0. The fourth-order valence-electron chi connectivity index (χ4n) is 1.92. The highest BCUT2D eigenvalue weighted by Gasteiger charge is 2.33. The minimum atomic E-state index is -0.601. The van der Waals surface area contributed by atoms with Gasteiger partial charge in [-0.3, -0.25) is 9.59 Å². The number of Topliss-reactive ketones (excluding diaryl/α,β-unsaturated/α-hetero) is 2. The van der Waals surface area contributed by atoms with Crippen molar-refractivity contribution in [1.29, 1.82) is 0 Å². The monoisotopic (exact) mass is 300 g/mol. The van der Waals surface area contributed by atoms with Gasteiger partial charge in [-0.2, -0.15) is 0 Å². The number of rotatable bonds is 1. The molecule has 1 aliphatic carbocycles. The first-order chi connectivity index (χ1) is 7.58. The zero-order chi connectivity index (χ0) is 11.7. The molecule has 1 aliphatic rings. The Labute approximate surface area is 107 Å². The number of halogens is 2. The SMILES string of the molecule is O=C1CC(c2ccc(Cl)cc2)CC(=O)C1Br. The van der Waals surface area contributed by atoms with Gasteiger partial charge in [0.25, 0.3) is 0 Å². The van der Waals surface area contributed by atoms with Gasteiger partial charge in [0.2, 0.25) is 0 Å². The van der Waals surface area contributed by atoms with Crippen molar-refractivity contribution in [2.75, 3.05) is 0 Å². The van der Waals surface area contributed by atoms with Gasteiger partial charge < -0.3 is 0 Å². The molecule has 0 radical (unpaired) electrons. The van der Waals surface area contributed by atoms with E-state index in [0.29, 0.717) is 17.9 Å². The molecule has 1 saturated carbocycles. The number of carbonyl (C=O) groups excluding carboxylic acids is 2. The van der Waals surface area contributed by atoms with Crippen LogP contribution in [0.3, 0.4) is 0 Å². The topological polar surface area (TPSA) is 34.1 Å². The van der Waals surface area contributed by atoms with Crippen molar-refractivity contribution < 1.29 is 9.59 Å². The molecular formula is C12H10BrClO2. The van der Waals surface area contributed by atoms with Crippen LogP contribution in [0.2, 0.25) is 5.02 Å². The summed E-state index contributed by atoms with van der Waals surface area (Å²) in [5.74, 6) is -0.0570. The van der Waals surface area contributed by atoms with Crippen LogP contribution < -0.4 is 0 Å². The Morgan fingerprint density at radius 1 is 1.06 bits per heavy atom. The van der Waals surface area contributed by atoms with Crippen molar-refractivity contribution >= 4 is 39.1 Å². The van der Waals surface area contributed by atoms with Crippen LogP contribution in [0.15, 0.2) is 24.3 Å². The van der Waals surface area contributed by atoms with E-state index in [1.165, 1.54) is 0 Å². The van der Waals surface area contributed by atoms with E-state index in [1.54, 1.807) is 12.1 Å². The van der Waals surface area contributed by atoms with Crippen molar-refractivity contribution in [3.63, 3.8) is 0 Å². The molecule has 0 unspecified atom stereocenters. The summed E-state index contributed by atoms with van der Waals surface area (Å²) >= 11 is 8.90. The van der Waals surface area contributed by atoms with E-state index in [9.17, 15) is 9.59 Å². The van der Waals surface area contributed by atoms with Crippen LogP contribution in [0.5, 0.6) is 0 Å². The molecule has 2 rings (SSSR count). The quantitative estimate of drug-likeness (QED) is 0.590. The van der Waals surface area contributed by atoms with Gasteiger partial charge in [-0.15, -0.1) is 0 Å². The van der Waals surface area contributed by atoms with E-state index in [2.05, 4.69) is 15.9 Å². The number of ketones is 2. The molecule has 16 heavy (non-hydrogen) atoms. The highest BCUT2D eigenvalue weighted by Crippen LogP contribution is 2.32. The summed E-state index contributed by atoms with van der Waals surface area (Å²) in [6.45, 7) is 0. The highest BCUT2D eigenvalue weighted by molar-refractivity contribution is 9.10. The molecule has 0 N–H and O–H groups in total. The number of alkyl halides is 1. The zero-order valence-corrected chi connectivity index (χ0v) is 10.8. The first kappa shape index (κ1) is 11.8. The second-order valence-corrected chi connectivity index (χ2v) is 5.30. The molecule has 2 nitrogen and oxygen atoms in total. The molecule has 1 aromatic rings. The van der Waals surface area contributed by atoms with Crippen LogP contribution in [0, 0.1) is 0 Å². The molecule has 4 heteroatoms. The molecule has 0 saturated heterocycles. The Hall–Kier alpha value is -0.670. The minimum Gasteiger partial charge on any atom is -0.298 e. The average molecular weight is 302 g/mol. The van der Waals surface area contributed by atoms with E-state index < -0.39 is 4.83 Å². The molecule has 0 amide bonds. The van der Waals surface area contributed by atoms with Gasteiger partial charge in [-0.1, -0.05) is 39.7 Å². The van der Waals surface area contributed by atoms with E-state index in [0.717, 1.165) is 5.56 Å². The van der Waals surface area contributed by atoms with Gasteiger partial charge in [0.1, 0.15) is 4.83 Å². The van der Waals surface area contributed by atoms with E-state index >= 15 is 0 Å². The van der Waals surface area contributed by atoms with E-state index in [1.807, 2.05) is 12.1 Å². The number of carbonyl (C=O) groups is 2. The molecule has 84 valence electrons. The second kappa shape index (κ2) is 4.68. The molecular weight excluding hydrogens is 291 g/mol. The third-order valence-corrected chi connectivity index (χ3v) is 4.08. The van der Waals surface area contributed by atoms with Crippen LogP contribution in [-0.2, 0) is 9.59 Å². The fraction of sp³-hybridized carbons (Fsp3) is 0.333. The van der Waals surface area contributed by atoms with E-state index in [-0.39, 0.29) is 17.5 Å². The largest absolute Gasteiger partial charge is 0.298 e. The van der Waals surface area contributed by atoms with Crippen molar-refractivity contribution in [3.05, 3.63) is 34.9 Å². The lowest BCUT2D eigenvalue weighted by Crippen LogP contribution is -2.32.